The van der Waals surface area contributed by atoms with E-state index in [1.807, 2.05) is 42.5 Å². The van der Waals surface area contributed by atoms with Crippen LogP contribution in [0.1, 0.15) is 19.4 Å². The highest BCUT2D eigenvalue weighted by atomic mass is 32.2. The molecule has 0 aromatic heterocycles. The van der Waals surface area contributed by atoms with Gasteiger partial charge in [0.1, 0.15) is 12.4 Å². The lowest BCUT2D eigenvalue weighted by Crippen LogP contribution is -2.24. The average molecular weight is 373 g/mol. The molecule has 1 atom stereocenters. The van der Waals surface area contributed by atoms with E-state index in [1.165, 1.54) is 11.8 Å². The molecule has 0 aliphatic carbocycles. The minimum atomic E-state index is -0.353. The third-order valence-corrected chi connectivity index (χ3v) is 4.61. The molecular formula is C20H23NO4S. The number of amides is 1. The van der Waals surface area contributed by atoms with Crippen LogP contribution in [0.2, 0.25) is 0 Å². The van der Waals surface area contributed by atoms with Crippen molar-refractivity contribution in [2.24, 2.45) is 0 Å². The van der Waals surface area contributed by atoms with E-state index < -0.39 is 0 Å². The van der Waals surface area contributed by atoms with Crippen LogP contribution in [0.3, 0.4) is 0 Å². The summed E-state index contributed by atoms with van der Waals surface area (Å²) in [5.41, 5.74) is 1.78. The van der Waals surface area contributed by atoms with Crippen LogP contribution < -0.4 is 10.1 Å². The van der Waals surface area contributed by atoms with Gasteiger partial charge in [-0.05, 0) is 43.7 Å². The van der Waals surface area contributed by atoms with Gasteiger partial charge in [-0.2, -0.15) is 0 Å². The maximum atomic E-state index is 12.2. The molecule has 1 amide bonds. The lowest BCUT2D eigenvalue weighted by atomic mass is 10.2. The molecule has 0 bridgehead atoms. The van der Waals surface area contributed by atoms with Gasteiger partial charge in [-0.1, -0.05) is 30.3 Å². The van der Waals surface area contributed by atoms with E-state index in [4.69, 9.17) is 9.47 Å². The first kappa shape index (κ1) is 19.8. The Morgan fingerprint density at radius 1 is 1.08 bits per heavy atom. The van der Waals surface area contributed by atoms with E-state index in [-0.39, 0.29) is 22.9 Å². The second-order valence-electron chi connectivity index (χ2n) is 5.55. The summed E-state index contributed by atoms with van der Waals surface area (Å²) in [5.74, 6) is 0.431. The number of esters is 1. The minimum absolute atomic E-state index is 0.155. The predicted molar refractivity (Wildman–Crippen MR) is 104 cm³/mol. The zero-order chi connectivity index (χ0) is 18.8. The van der Waals surface area contributed by atoms with Crippen molar-refractivity contribution in [3.63, 3.8) is 0 Å². The molecule has 1 N–H and O–H groups in total. The summed E-state index contributed by atoms with van der Waals surface area (Å²) in [7, 11) is 0. The minimum Gasteiger partial charge on any atom is -0.489 e. The molecule has 0 spiro atoms. The van der Waals surface area contributed by atoms with E-state index in [9.17, 15) is 9.59 Å². The van der Waals surface area contributed by atoms with Crippen LogP contribution in [0.5, 0.6) is 5.75 Å². The summed E-state index contributed by atoms with van der Waals surface area (Å²) in [4.78, 5) is 23.5. The van der Waals surface area contributed by atoms with Gasteiger partial charge in [0.25, 0.3) is 0 Å². The number of carbonyl (C=O) groups is 2. The Labute approximate surface area is 158 Å². The standard InChI is InChI=1S/C20H23NO4S/c1-3-24-19(22)14-26-15(2)20(23)21-17-9-11-18(12-10-17)25-13-16-7-5-4-6-8-16/h4-12,15H,3,13-14H2,1-2H3,(H,21,23). The molecule has 26 heavy (non-hydrogen) atoms. The molecule has 0 aliphatic rings. The number of hydrogen-bond acceptors (Lipinski definition) is 5. The van der Waals surface area contributed by atoms with Gasteiger partial charge in [0.15, 0.2) is 0 Å². The van der Waals surface area contributed by atoms with Crippen molar-refractivity contribution in [2.45, 2.75) is 25.7 Å². The summed E-state index contributed by atoms with van der Waals surface area (Å²) in [6.07, 6.45) is 0. The molecule has 1 unspecified atom stereocenters. The third-order valence-electron chi connectivity index (χ3n) is 3.50. The van der Waals surface area contributed by atoms with Crippen LogP contribution in [0.15, 0.2) is 54.6 Å². The molecule has 0 radical (unpaired) electrons. The highest BCUT2D eigenvalue weighted by Crippen LogP contribution is 2.19. The van der Waals surface area contributed by atoms with Crippen molar-refractivity contribution in [1.29, 1.82) is 0 Å². The molecule has 6 heteroatoms. The summed E-state index contributed by atoms with van der Waals surface area (Å²) in [5, 5.41) is 2.48. The zero-order valence-corrected chi connectivity index (χ0v) is 15.8. The van der Waals surface area contributed by atoms with E-state index >= 15 is 0 Å². The van der Waals surface area contributed by atoms with Crippen molar-refractivity contribution in [1.82, 2.24) is 0 Å². The molecule has 0 fully saturated rings. The molecule has 0 saturated carbocycles. The van der Waals surface area contributed by atoms with Crippen LogP contribution in [0.25, 0.3) is 0 Å². The number of ether oxygens (including phenoxy) is 2. The van der Waals surface area contributed by atoms with Crippen LogP contribution in [0, 0.1) is 0 Å². The number of anilines is 1. The van der Waals surface area contributed by atoms with Crippen molar-refractivity contribution in [2.75, 3.05) is 17.7 Å². The summed E-state index contributed by atoms with van der Waals surface area (Å²) in [6, 6.07) is 17.1. The molecule has 2 aromatic rings. The van der Waals surface area contributed by atoms with Gasteiger partial charge in [-0.25, -0.2) is 0 Å². The largest absolute Gasteiger partial charge is 0.489 e. The van der Waals surface area contributed by atoms with E-state index in [2.05, 4.69) is 5.32 Å². The highest BCUT2D eigenvalue weighted by Gasteiger charge is 2.15. The Balaban J connectivity index is 1.78. The maximum Gasteiger partial charge on any atom is 0.315 e. The van der Waals surface area contributed by atoms with E-state index in [1.54, 1.807) is 26.0 Å². The number of carbonyl (C=O) groups excluding carboxylic acids is 2. The van der Waals surface area contributed by atoms with Gasteiger partial charge >= 0.3 is 5.97 Å². The monoisotopic (exact) mass is 373 g/mol. The molecule has 5 nitrogen and oxygen atoms in total. The first-order valence-corrected chi connectivity index (χ1v) is 9.48. The molecule has 2 rings (SSSR count). The van der Waals surface area contributed by atoms with Crippen molar-refractivity contribution < 1.29 is 19.1 Å². The number of hydrogen-bond donors (Lipinski definition) is 1. The predicted octanol–water partition coefficient (Wildman–Crippen LogP) is 3.89. The van der Waals surface area contributed by atoms with Gasteiger partial charge in [-0.3, -0.25) is 9.59 Å². The van der Waals surface area contributed by atoms with Gasteiger partial charge < -0.3 is 14.8 Å². The van der Waals surface area contributed by atoms with Crippen LogP contribution >= 0.6 is 11.8 Å². The second-order valence-corrected chi connectivity index (χ2v) is 6.88. The quantitative estimate of drug-likeness (QED) is 0.676. The first-order chi connectivity index (χ1) is 12.6. The number of benzene rings is 2. The number of thioether (sulfide) groups is 1. The average Bonchev–Trinajstić information content (AvgIpc) is 2.66. The van der Waals surface area contributed by atoms with Gasteiger partial charge in [0.05, 0.1) is 17.6 Å². The Bertz CT molecular complexity index is 704. The fraction of sp³-hybridized carbons (Fsp3) is 0.300. The Morgan fingerprint density at radius 3 is 2.42 bits per heavy atom. The summed E-state index contributed by atoms with van der Waals surface area (Å²) < 4.78 is 10.6. The topological polar surface area (TPSA) is 64.6 Å². The Morgan fingerprint density at radius 2 is 1.77 bits per heavy atom. The molecular weight excluding hydrogens is 350 g/mol. The van der Waals surface area contributed by atoms with Crippen LogP contribution in [-0.4, -0.2) is 29.5 Å². The van der Waals surface area contributed by atoms with Crippen molar-refractivity contribution >= 4 is 29.3 Å². The van der Waals surface area contributed by atoms with Crippen LogP contribution in [0.4, 0.5) is 5.69 Å². The van der Waals surface area contributed by atoms with Crippen LogP contribution in [-0.2, 0) is 20.9 Å². The third kappa shape index (κ3) is 6.80. The number of rotatable bonds is 9. The lowest BCUT2D eigenvalue weighted by molar-refractivity contribution is -0.139. The van der Waals surface area contributed by atoms with Crippen molar-refractivity contribution in [3.05, 3.63) is 60.2 Å². The SMILES string of the molecule is CCOC(=O)CSC(C)C(=O)Nc1ccc(OCc2ccccc2)cc1. The Hall–Kier alpha value is -2.47. The Kier molecular flexibility index (Phi) is 8.02. The van der Waals surface area contributed by atoms with E-state index in [0.29, 0.717) is 18.9 Å². The molecule has 2 aromatic carbocycles. The lowest BCUT2D eigenvalue weighted by Gasteiger charge is -2.12. The molecule has 0 saturated heterocycles. The normalized spacial score (nSPS) is 11.5. The fourth-order valence-corrected chi connectivity index (χ4v) is 2.77. The molecule has 0 heterocycles. The maximum absolute atomic E-state index is 12.2. The summed E-state index contributed by atoms with van der Waals surface area (Å²) in [6.45, 7) is 4.36. The van der Waals surface area contributed by atoms with Gasteiger partial charge in [-0.15, -0.1) is 11.8 Å². The molecule has 138 valence electrons. The van der Waals surface area contributed by atoms with Gasteiger partial charge in [0.2, 0.25) is 5.91 Å². The van der Waals surface area contributed by atoms with E-state index in [0.717, 1.165) is 11.3 Å². The molecule has 0 aliphatic heterocycles. The highest BCUT2D eigenvalue weighted by molar-refractivity contribution is 8.01. The second kappa shape index (κ2) is 10.5. The zero-order valence-electron chi connectivity index (χ0n) is 14.9. The summed E-state index contributed by atoms with van der Waals surface area (Å²) >= 11 is 1.25. The first-order valence-electron chi connectivity index (χ1n) is 8.43. The smallest absolute Gasteiger partial charge is 0.315 e. The van der Waals surface area contributed by atoms with Gasteiger partial charge in [0, 0.05) is 5.69 Å². The van der Waals surface area contributed by atoms with Crippen molar-refractivity contribution in [3.8, 4) is 5.75 Å². The fourth-order valence-electron chi connectivity index (χ4n) is 2.09. The number of nitrogens with one attached hydrogen (secondary N) is 1.